The smallest absolute Gasteiger partial charge is 0.242 e. The fourth-order valence-electron chi connectivity index (χ4n) is 4.29. The molecule has 3 rings (SSSR count). The summed E-state index contributed by atoms with van der Waals surface area (Å²) in [7, 11) is 2.14. The van der Waals surface area contributed by atoms with E-state index in [1.165, 1.54) is 0 Å². The summed E-state index contributed by atoms with van der Waals surface area (Å²) in [5, 5.41) is 5.76. The van der Waals surface area contributed by atoms with Gasteiger partial charge in [-0.05, 0) is 57.4 Å². The van der Waals surface area contributed by atoms with Gasteiger partial charge >= 0.3 is 0 Å². The Bertz CT molecular complexity index is 715. The Morgan fingerprint density at radius 3 is 2.68 bits per heavy atom. The van der Waals surface area contributed by atoms with Crippen LogP contribution in [0.15, 0.2) is 24.3 Å². The fourth-order valence-corrected chi connectivity index (χ4v) is 4.29. The molecule has 2 aliphatic rings. The van der Waals surface area contributed by atoms with Crippen molar-refractivity contribution in [2.75, 3.05) is 33.4 Å². The van der Waals surface area contributed by atoms with E-state index in [2.05, 4.69) is 22.6 Å². The maximum Gasteiger partial charge on any atom is 0.242 e. The molecule has 1 atom stereocenters. The first kappa shape index (κ1) is 23.5. The second kappa shape index (κ2) is 12.1. The largest absolute Gasteiger partial charge is 0.492 e. The van der Waals surface area contributed by atoms with Crippen molar-refractivity contribution in [2.45, 2.75) is 64.1 Å². The molecule has 2 fully saturated rings. The van der Waals surface area contributed by atoms with Crippen LogP contribution in [-0.4, -0.2) is 62.2 Å². The number of likely N-dealkylation sites (N-methyl/N-ethyl adjacent to an activating group) is 1. The van der Waals surface area contributed by atoms with Gasteiger partial charge in [-0.25, -0.2) is 0 Å². The monoisotopic (exact) mass is 431 g/mol. The fraction of sp³-hybridized carbons (Fsp3) is 0.667. The van der Waals surface area contributed by atoms with Gasteiger partial charge < -0.3 is 20.1 Å². The first-order valence-electron chi connectivity index (χ1n) is 11.6. The van der Waals surface area contributed by atoms with Gasteiger partial charge in [0.1, 0.15) is 18.4 Å². The first-order chi connectivity index (χ1) is 15.0. The number of hydrogen-bond acceptors (Lipinski definition) is 5. The maximum absolute atomic E-state index is 12.4. The molecule has 2 N–H and O–H groups in total. The van der Waals surface area contributed by atoms with Gasteiger partial charge in [0.2, 0.25) is 11.8 Å². The van der Waals surface area contributed by atoms with Crippen molar-refractivity contribution in [1.82, 2.24) is 15.5 Å². The highest BCUT2D eigenvalue weighted by atomic mass is 16.5. The Kier molecular flexibility index (Phi) is 9.15. The molecule has 1 saturated carbocycles. The van der Waals surface area contributed by atoms with Crippen molar-refractivity contribution in [3.8, 4) is 5.75 Å². The molecule has 1 aromatic rings. The Labute approximate surface area is 185 Å². The summed E-state index contributed by atoms with van der Waals surface area (Å²) in [6.07, 6.45) is 6.21. The van der Waals surface area contributed by atoms with Crippen LogP contribution in [0.1, 0.15) is 51.0 Å². The lowest BCUT2D eigenvalue weighted by atomic mass is 10.1. The topological polar surface area (TPSA) is 79.9 Å². The van der Waals surface area contributed by atoms with Crippen molar-refractivity contribution in [3.05, 3.63) is 29.8 Å². The molecule has 7 nitrogen and oxygen atoms in total. The number of nitrogens with one attached hydrogen (secondary N) is 2. The molecule has 172 valence electrons. The SMILES string of the molecule is CC(NC(=O)C1CCCC1)C(=O)NCc1cccc(OCCN(C)C2CCOCC2)c1. The van der Waals surface area contributed by atoms with Crippen LogP contribution < -0.4 is 15.4 Å². The molecule has 0 bridgehead atoms. The normalized spacial score (nSPS) is 18.7. The third-order valence-corrected chi connectivity index (χ3v) is 6.37. The van der Waals surface area contributed by atoms with Gasteiger partial charge in [-0.3, -0.25) is 14.5 Å². The van der Waals surface area contributed by atoms with Crippen molar-refractivity contribution in [1.29, 1.82) is 0 Å². The van der Waals surface area contributed by atoms with Gasteiger partial charge in [-0.15, -0.1) is 0 Å². The highest BCUT2D eigenvalue weighted by Gasteiger charge is 2.25. The molecule has 1 aromatic carbocycles. The molecule has 2 amide bonds. The average molecular weight is 432 g/mol. The van der Waals surface area contributed by atoms with Gasteiger partial charge in [-0.1, -0.05) is 25.0 Å². The highest BCUT2D eigenvalue weighted by molar-refractivity contribution is 5.88. The predicted octanol–water partition coefficient (Wildman–Crippen LogP) is 2.49. The highest BCUT2D eigenvalue weighted by Crippen LogP contribution is 2.24. The molecular weight excluding hydrogens is 394 g/mol. The quantitative estimate of drug-likeness (QED) is 0.595. The average Bonchev–Trinajstić information content (AvgIpc) is 3.33. The van der Waals surface area contributed by atoms with E-state index in [1.54, 1.807) is 6.92 Å². The molecule has 0 radical (unpaired) electrons. The zero-order chi connectivity index (χ0) is 22.1. The van der Waals surface area contributed by atoms with Gasteiger partial charge in [0.15, 0.2) is 0 Å². The molecule has 1 aliphatic heterocycles. The van der Waals surface area contributed by atoms with E-state index in [4.69, 9.17) is 9.47 Å². The van der Waals surface area contributed by atoms with Gasteiger partial charge in [0.25, 0.3) is 0 Å². The van der Waals surface area contributed by atoms with E-state index in [0.29, 0.717) is 19.2 Å². The second-order valence-corrected chi connectivity index (χ2v) is 8.75. The number of nitrogens with zero attached hydrogens (tertiary/aromatic N) is 1. The van der Waals surface area contributed by atoms with Gasteiger partial charge in [0.05, 0.1) is 0 Å². The lowest BCUT2D eigenvalue weighted by Crippen LogP contribution is -2.46. The summed E-state index contributed by atoms with van der Waals surface area (Å²) in [5.41, 5.74) is 0.970. The van der Waals surface area contributed by atoms with E-state index in [-0.39, 0.29) is 17.7 Å². The lowest BCUT2D eigenvalue weighted by molar-refractivity contribution is -0.130. The standard InChI is InChI=1S/C24H37N3O4/c1-18(26-24(29)20-7-3-4-8-20)23(28)25-17-19-6-5-9-22(16-19)31-15-12-27(2)21-10-13-30-14-11-21/h5-6,9,16,18,20-21H,3-4,7-8,10-15,17H2,1-2H3,(H,25,28)(H,26,29). The van der Waals surface area contributed by atoms with Gasteiger partial charge in [0, 0.05) is 38.3 Å². The summed E-state index contributed by atoms with van der Waals surface area (Å²) >= 11 is 0. The minimum Gasteiger partial charge on any atom is -0.492 e. The number of amides is 2. The van der Waals surface area contributed by atoms with E-state index in [1.807, 2.05) is 24.3 Å². The Morgan fingerprint density at radius 2 is 1.94 bits per heavy atom. The number of carbonyl (C=O) groups excluding carboxylic acids is 2. The third kappa shape index (κ3) is 7.51. The Balaban J connectivity index is 1.38. The van der Waals surface area contributed by atoms with Crippen molar-refractivity contribution < 1.29 is 19.1 Å². The summed E-state index contributed by atoms with van der Waals surface area (Å²) in [4.78, 5) is 26.9. The summed E-state index contributed by atoms with van der Waals surface area (Å²) in [5.74, 6) is 0.696. The van der Waals surface area contributed by atoms with E-state index in [9.17, 15) is 9.59 Å². The molecular formula is C24H37N3O4. The summed E-state index contributed by atoms with van der Waals surface area (Å²) in [6.45, 7) is 5.30. The van der Waals surface area contributed by atoms with Crippen LogP contribution in [-0.2, 0) is 20.9 Å². The molecule has 1 aliphatic carbocycles. The second-order valence-electron chi connectivity index (χ2n) is 8.75. The molecule has 7 heteroatoms. The molecule has 1 saturated heterocycles. The Hall–Kier alpha value is -2.12. The molecule has 0 aromatic heterocycles. The number of ether oxygens (including phenoxy) is 2. The molecule has 31 heavy (non-hydrogen) atoms. The van der Waals surface area contributed by atoms with Crippen LogP contribution in [0.4, 0.5) is 0 Å². The van der Waals surface area contributed by atoms with Crippen LogP contribution >= 0.6 is 0 Å². The zero-order valence-corrected chi connectivity index (χ0v) is 18.9. The van der Waals surface area contributed by atoms with Crippen molar-refractivity contribution in [2.24, 2.45) is 5.92 Å². The lowest BCUT2D eigenvalue weighted by Gasteiger charge is -2.31. The number of hydrogen-bond donors (Lipinski definition) is 2. The minimum absolute atomic E-state index is 0.00117. The molecule has 0 spiro atoms. The molecule has 1 heterocycles. The van der Waals surface area contributed by atoms with Crippen LogP contribution in [0.3, 0.4) is 0 Å². The van der Waals surface area contributed by atoms with E-state index >= 15 is 0 Å². The van der Waals surface area contributed by atoms with Crippen molar-refractivity contribution >= 4 is 11.8 Å². The number of benzene rings is 1. The maximum atomic E-state index is 12.4. The number of rotatable bonds is 10. The first-order valence-corrected chi connectivity index (χ1v) is 11.6. The van der Waals surface area contributed by atoms with E-state index in [0.717, 1.165) is 69.6 Å². The Morgan fingerprint density at radius 1 is 1.19 bits per heavy atom. The summed E-state index contributed by atoms with van der Waals surface area (Å²) < 4.78 is 11.4. The van der Waals surface area contributed by atoms with Crippen LogP contribution in [0.25, 0.3) is 0 Å². The number of carbonyl (C=O) groups is 2. The molecule has 1 unspecified atom stereocenters. The van der Waals surface area contributed by atoms with Crippen molar-refractivity contribution in [3.63, 3.8) is 0 Å². The van der Waals surface area contributed by atoms with Crippen LogP contribution in [0.2, 0.25) is 0 Å². The van der Waals surface area contributed by atoms with Gasteiger partial charge in [-0.2, -0.15) is 0 Å². The van der Waals surface area contributed by atoms with E-state index < -0.39 is 6.04 Å². The predicted molar refractivity (Wildman–Crippen MR) is 120 cm³/mol. The third-order valence-electron chi connectivity index (χ3n) is 6.37. The van der Waals surface area contributed by atoms with Crippen LogP contribution in [0, 0.1) is 5.92 Å². The summed E-state index contributed by atoms with van der Waals surface area (Å²) in [6, 6.07) is 7.82. The minimum atomic E-state index is -0.534. The zero-order valence-electron chi connectivity index (χ0n) is 18.9. The van der Waals surface area contributed by atoms with Crippen LogP contribution in [0.5, 0.6) is 5.75 Å².